The fourth-order valence-electron chi connectivity index (χ4n) is 2.90. The molecule has 1 aliphatic rings. The molecule has 0 aromatic heterocycles. The van der Waals surface area contributed by atoms with E-state index < -0.39 is 6.09 Å². The van der Waals surface area contributed by atoms with Crippen LogP contribution in [0, 0.1) is 0 Å². The number of hydrogen-bond acceptors (Lipinski definition) is 3. The number of benzene rings is 2. The fraction of sp³-hybridized carbons (Fsp3) is 0.182. The first-order valence-corrected chi connectivity index (χ1v) is 9.60. The van der Waals surface area contributed by atoms with Gasteiger partial charge in [0.1, 0.15) is 0 Å². The molecule has 28 heavy (non-hydrogen) atoms. The quantitative estimate of drug-likeness (QED) is 0.621. The number of Topliss-reactive ketones (excluding diaryl/α,β-unsaturated/α-hetero) is 1. The summed E-state index contributed by atoms with van der Waals surface area (Å²) in [5, 5.41) is 1.24. The highest BCUT2D eigenvalue weighted by Gasteiger charge is 2.29. The number of rotatable bonds is 3. The van der Waals surface area contributed by atoms with Crippen LogP contribution in [0.15, 0.2) is 59.7 Å². The molecule has 1 fully saturated rings. The van der Waals surface area contributed by atoms with E-state index in [0.717, 1.165) is 11.1 Å². The van der Waals surface area contributed by atoms with Crippen LogP contribution >= 0.6 is 23.2 Å². The summed E-state index contributed by atoms with van der Waals surface area (Å²) in [5.41, 5.74) is 2.71. The summed E-state index contributed by atoms with van der Waals surface area (Å²) in [6.07, 6.45) is 3.11. The Kier molecular flexibility index (Phi) is 6.55. The number of likely N-dealkylation sites (tertiary alicyclic amines) is 1. The maximum atomic E-state index is 13.0. The smallest absolute Gasteiger partial charge is 0.410 e. The fourth-order valence-corrected chi connectivity index (χ4v) is 3.16. The maximum Gasteiger partial charge on any atom is 0.410 e. The van der Waals surface area contributed by atoms with Gasteiger partial charge >= 0.3 is 6.09 Å². The van der Waals surface area contributed by atoms with E-state index in [1.807, 2.05) is 24.3 Å². The highest BCUT2D eigenvalue weighted by molar-refractivity contribution is 6.30. The lowest BCUT2D eigenvalue weighted by Crippen LogP contribution is -2.41. The lowest BCUT2D eigenvalue weighted by molar-refractivity contribution is -0.113. The minimum Gasteiger partial charge on any atom is -0.450 e. The molecule has 0 saturated carbocycles. The Hall–Kier alpha value is -2.56. The number of amides is 1. The number of ether oxygens (including phenoxy) is 1. The summed E-state index contributed by atoms with van der Waals surface area (Å²) in [5.74, 6) is -0.0922. The predicted octanol–water partition coefficient (Wildman–Crippen LogP) is 5.50. The molecule has 1 saturated heterocycles. The molecule has 6 heteroatoms. The van der Waals surface area contributed by atoms with Crippen molar-refractivity contribution in [1.29, 1.82) is 0 Å². The van der Waals surface area contributed by atoms with E-state index in [-0.39, 0.29) is 25.5 Å². The summed E-state index contributed by atoms with van der Waals surface area (Å²) in [4.78, 5) is 26.8. The number of ketones is 1. The van der Waals surface area contributed by atoms with Crippen molar-refractivity contribution < 1.29 is 14.3 Å². The van der Waals surface area contributed by atoms with Gasteiger partial charge in [0.2, 0.25) is 0 Å². The van der Waals surface area contributed by atoms with Gasteiger partial charge in [-0.15, -0.1) is 0 Å². The lowest BCUT2D eigenvalue weighted by atomic mass is 9.94. The zero-order valence-electron chi connectivity index (χ0n) is 15.3. The molecule has 144 valence electrons. The van der Waals surface area contributed by atoms with Gasteiger partial charge in [-0.25, -0.2) is 4.79 Å². The van der Waals surface area contributed by atoms with E-state index in [9.17, 15) is 9.59 Å². The van der Waals surface area contributed by atoms with Gasteiger partial charge in [-0.2, -0.15) is 0 Å². The van der Waals surface area contributed by atoms with Crippen molar-refractivity contribution in [3.8, 4) is 0 Å². The first kappa shape index (κ1) is 20.2. The molecule has 1 aliphatic heterocycles. The van der Waals surface area contributed by atoms with Gasteiger partial charge < -0.3 is 4.74 Å². The summed E-state index contributed by atoms with van der Waals surface area (Å²) in [6, 6.07) is 14.3. The monoisotopic (exact) mass is 415 g/mol. The number of carbonyl (C=O) groups excluding carboxylic acids is 2. The average Bonchev–Trinajstić information content (AvgIpc) is 2.68. The number of carbonyl (C=O) groups is 2. The molecule has 1 amide bonds. The van der Waals surface area contributed by atoms with Crippen molar-refractivity contribution in [3.05, 3.63) is 80.8 Å². The molecule has 1 heterocycles. The largest absolute Gasteiger partial charge is 0.450 e. The van der Waals surface area contributed by atoms with Crippen LogP contribution in [-0.2, 0) is 9.53 Å². The van der Waals surface area contributed by atoms with Crippen molar-refractivity contribution in [1.82, 2.24) is 4.90 Å². The second kappa shape index (κ2) is 9.09. The molecule has 0 aliphatic carbocycles. The molecule has 4 nitrogen and oxygen atoms in total. The van der Waals surface area contributed by atoms with E-state index in [1.54, 1.807) is 43.3 Å². The van der Waals surface area contributed by atoms with Crippen molar-refractivity contribution in [3.63, 3.8) is 0 Å². The van der Waals surface area contributed by atoms with Crippen molar-refractivity contribution in [2.24, 2.45) is 0 Å². The zero-order chi connectivity index (χ0) is 20.1. The maximum absolute atomic E-state index is 13.0. The normalized spacial score (nSPS) is 17.2. The molecular formula is C22H19Cl2NO3. The van der Waals surface area contributed by atoms with Crippen molar-refractivity contribution in [2.75, 3.05) is 19.7 Å². The van der Waals surface area contributed by atoms with Crippen LogP contribution in [0.4, 0.5) is 4.79 Å². The SMILES string of the molecule is CCOC(=O)N1C/C(=C\c2ccc(Cl)cc2)C(=O)/C(=C/c2ccc(Cl)cc2)C1. The van der Waals surface area contributed by atoms with Crippen LogP contribution in [0.3, 0.4) is 0 Å². The van der Waals surface area contributed by atoms with Crippen molar-refractivity contribution >= 4 is 47.2 Å². The first-order chi connectivity index (χ1) is 13.5. The molecule has 0 spiro atoms. The molecular weight excluding hydrogens is 397 g/mol. The summed E-state index contributed by atoms with van der Waals surface area (Å²) >= 11 is 11.9. The van der Waals surface area contributed by atoms with Gasteiger partial charge in [0.15, 0.2) is 5.78 Å². The van der Waals surface area contributed by atoms with Crippen LogP contribution in [0.5, 0.6) is 0 Å². The number of piperidine rings is 1. The minimum atomic E-state index is -0.445. The Morgan fingerprint density at radius 1 is 0.929 bits per heavy atom. The van der Waals surface area contributed by atoms with E-state index in [2.05, 4.69) is 0 Å². The van der Waals surface area contributed by atoms with E-state index in [1.165, 1.54) is 4.90 Å². The van der Waals surface area contributed by atoms with E-state index in [4.69, 9.17) is 27.9 Å². The third-order valence-electron chi connectivity index (χ3n) is 4.25. The number of nitrogens with zero attached hydrogens (tertiary/aromatic N) is 1. The van der Waals surface area contributed by atoms with Gasteiger partial charge in [-0.1, -0.05) is 47.5 Å². The summed E-state index contributed by atoms with van der Waals surface area (Å²) in [6.45, 7) is 2.41. The molecule has 0 unspecified atom stereocenters. The van der Waals surface area contributed by atoms with Crippen LogP contribution in [-0.4, -0.2) is 36.5 Å². The first-order valence-electron chi connectivity index (χ1n) is 8.85. The minimum absolute atomic E-state index is 0.0922. The second-order valence-electron chi connectivity index (χ2n) is 6.33. The van der Waals surface area contributed by atoms with Gasteiger partial charge in [-0.3, -0.25) is 9.69 Å². The van der Waals surface area contributed by atoms with Gasteiger partial charge in [-0.05, 0) is 54.5 Å². The predicted molar refractivity (Wildman–Crippen MR) is 112 cm³/mol. The van der Waals surface area contributed by atoms with Crippen LogP contribution < -0.4 is 0 Å². The van der Waals surface area contributed by atoms with Crippen LogP contribution in [0.1, 0.15) is 18.1 Å². The Morgan fingerprint density at radius 2 is 1.36 bits per heavy atom. The lowest BCUT2D eigenvalue weighted by Gasteiger charge is -2.29. The average molecular weight is 416 g/mol. The summed E-state index contributed by atoms with van der Waals surface area (Å²) in [7, 11) is 0. The molecule has 0 N–H and O–H groups in total. The summed E-state index contributed by atoms with van der Waals surface area (Å²) < 4.78 is 5.13. The molecule has 0 atom stereocenters. The molecule has 2 aromatic rings. The van der Waals surface area contributed by atoms with Gasteiger partial charge in [0.25, 0.3) is 0 Å². The highest BCUT2D eigenvalue weighted by atomic mass is 35.5. The van der Waals surface area contributed by atoms with Gasteiger partial charge in [0, 0.05) is 21.2 Å². The Morgan fingerprint density at radius 3 is 1.75 bits per heavy atom. The molecule has 2 aromatic carbocycles. The van der Waals surface area contributed by atoms with E-state index >= 15 is 0 Å². The number of halogens is 2. The van der Waals surface area contributed by atoms with Gasteiger partial charge in [0.05, 0.1) is 19.7 Å². The van der Waals surface area contributed by atoms with Crippen molar-refractivity contribution in [2.45, 2.75) is 6.92 Å². The Balaban J connectivity index is 1.96. The van der Waals surface area contributed by atoms with Crippen LogP contribution in [0.25, 0.3) is 12.2 Å². The number of hydrogen-bond donors (Lipinski definition) is 0. The molecule has 0 bridgehead atoms. The van der Waals surface area contributed by atoms with Crippen LogP contribution in [0.2, 0.25) is 10.0 Å². The zero-order valence-corrected chi connectivity index (χ0v) is 16.8. The molecule has 0 radical (unpaired) electrons. The standard InChI is InChI=1S/C22H19Cl2NO3/c1-2-28-22(27)25-13-17(11-15-3-7-19(23)8-4-15)21(26)18(14-25)12-16-5-9-20(24)10-6-16/h3-12H,2,13-14H2,1H3/b17-11+,18-12+. The van der Waals surface area contributed by atoms with E-state index in [0.29, 0.717) is 21.2 Å². The third-order valence-corrected chi connectivity index (χ3v) is 4.76. The Bertz CT molecular complexity index is 864. The Labute approximate surface area is 174 Å². The third kappa shape index (κ3) is 5.03. The molecule has 3 rings (SSSR count). The highest BCUT2D eigenvalue weighted by Crippen LogP contribution is 2.23. The topological polar surface area (TPSA) is 46.6 Å². The second-order valence-corrected chi connectivity index (χ2v) is 7.20.